The maximum Gasteiger partial charge on any atom is 0.243 e. The molecule has 0 aromatic heterocycles. The zero-order chi connectivity index (χ0) is 19.7. The van der Waals surface area contributed by atoms with Gasteiger partial charge in [-0.15, -0.1) is 0 Å². The van der Waals surface area contributed by atoms with Crippen LogP contribution in [0.4, 0.5) is 0 Å². The number of hydrogen-bond acceptors (Lipinski definition) is 5. The van der Waals surface area contributed by atoms with Crippen LogP contribution in [0.5, 0.6) is 5.75 Å². The maximum atomic E-state index is 12.8. The van der Waals surface area contributed by atoms with Gasteiger partial charge >= 0.3 is 0 Å². The summed E-state index contributed by atoms with van der Waals surface area (Å²) < 4.78 is 54.5. The third kappa shape index (κ3) is 4.18. The van der Waals surface area contributed by atoms with E-state index < -0.39 is 26.1 Å². The number of primary sulfonamides is 1. The topological polar surface area (TPSA) is 107 Å². The maximum absolute atomic E-state index is 12.8. The summed E-state index contributed by atoms with van der Waals surface area (Å²) in [7, 11) is -4.75. The molecule has 0 aliphatic carbocycles. The summed E-state index contributed by atoms with van der Waals surface area (Å²) >= 11 is 6.02. The van der Waals surface area contributed by atoms with Crippen molar-refractivity contribution in [3.05, 3.63) is 53.1 Å². The van der Waals surface area contributed by atoms with Crippen LogP contribution in [0.1, 0.15) is 18.5 Å². The van der Waals surface area contributed by atoms with Gasteiger partial charge in [0.1, 0.15) is 5.75 Å². The van der Waals surface area contributed by atoms with Crippen molar-refractivity contribution in [3.63, 3.8) is 0 Å². The fraction of sp³-hybridized carbons (Fsp3) is 0.250. The predicted molar refractivity (Wildman–Crippen MR) is 99.2 cm³/mol. The Hall–Kier alpha value is -1.65. The Bertz CT molecular complexity index is 1010. The lowest BCUT2D eigenvalue weighted by atomic mass is 10.1. The van der Waals surface area contributed by atoms with Gasteiger partial charge in [-0.1, -0.05) is 23.7 Å². The first-order chi connectivity index (χ1) is 12.0. The molecule has 0 saturated carbocycles. The quantitative estimate of drug-likeness (QED) is 0.774. The van der Waals surface area contributed by atoms with Crippen molar-refractivity contribution < 1.29 is 21.6 Å². The SMILES string of the molecule is COc1ccc(S(=O)(=O)N(C)C(C)c2ccc(S(N)(=O)=O)cc2)cc1Cl. The summed E-state index contributed by atoms with van der Waals surface area (Å²) in [4.78, 5) is -0.0142. The summed E-state index contributed by atoms with van der Waals surface area (Å²) in [6.07, 6.45) is 0. The van der Waals surface area contributed by atoms with Crippen LogP contribution < -0.4 is 9.88 Å². The van der Waals surface area contributed by atoms with Crippen LogP contribution in [0.3, 0.4) is 0 Å². The van der Waals surface area contributed by atoms with Crippen LogP contribution in [0.25, 0.3) is 0 Å². The first-order valence-corrected chi connectivity index (χ1v) is 10.8. The molecule has 1 atom stereocenters. The molecule has 0 bridgehead atoms. The molecule has 2 N–H and O–H groups in total. The summed E-state index contributed by atoms with van der Waals surface area (Å²) in [5.74, 6) is 0.375. The van der Waals surface area contributed by atoms with Crippen molar-refractivity contribution in [2.75, 3.05) is 14.2 Å². The van der Waals surface area contributed by atoms with E-state index in [1.165, 1.54) is 60.9 Å². The fourth-order valence-electron chi connectivity index (χ4n) is 2.33. The number of halogens is 1. The normalized spacial score (nSPS) is 13.6. The minimum atomic E-state index is -3.82. The van der Waals surface area contributed by atoms with E-state index in [0.29, 0.717) is 11.3 Å². The van der Waals surface area contributed by atoms with Crippen LogP contribution in [-0.2, 0) is 20.0 Å². The second-order valence-corrected chi connectivity index (χ2v) is 9.57. The molecule has 7 nitrogen and oxygen atoms in total. The minimum Gasteiger partial charge on any atom is -0.495 e. The molecule has 0 heterocycles. The van der Waals surface area contributed by atoms with Gasteiger partial charge < -0.3 is 4.74 Å². The molecule has 0 spiro atoms. The summed E-state index contributed by atoms with van der Waals surface area (Å²) in [5, 5.41) is 5.26. The van der Waals surface area contributed by atoms with Gasteiger partial charge in [0.2, 0.25) is 20.0 Å². The second kappa shape index (κ2) is 7.53. The monoisotopic (exact) mass is 418 g/mol. The third-order valence-corrected chi connectivity index (χ3v) is 7.19. The predicted octanol–water partition coefficient (Wildman–Crippen LogP) is 2.38. The van der Waals surface area contributed by atoms with Crippen LogP contribution in [0.15, 0.2) is 52.3 Å². The smallest absolute Gasteiger partial charge is 0.243 e. The molecule has 0 fully saturated rings. The molecule has 1 unspecified atom stereocenters. The van der Waals surface area contributed by atoms with Crippen molar-refractivity contribution in [1.82, 2.24) is 4.31 Å². The number of sulfonamides is 2. The lowest BCUT2D eigenvalue weighted by molar-refractivity contribution is 0.397. The van der Waals surface area contributed by atoms with Crippen LogP contribution in [0, 0.1) is 0 Å². The average Bonchev–Trinajstić information content (AvgIpc) is 2.59. The van der Waals surface area contributed by atoms with Gasteiger partial charge in [-0.05, 0) is 42.8 Å². The van der Waals surface area contributed by atoms with Crippen LogP contribution >= 0.6 is 11.6 Å². The molecule has 0 aliphatic heterocycles. The van der Waals surface area contributed by atoms with Crippen molar-refractivity contribution >= 4 is 31.6 Å². The van der Waals surface area contributed by atoms with E-state index in [9.17, 15) is 16.8 Å². The number of benzene rings is 2. The van der Waals surface area contributed by atoms with Crippen molar-refractivity contribution in [2.45, 2.75) is 22.8 Å². The largest absolute Gasteiger partial charge is 0.495 e. The Morgan fingerprint density at radius 2 is 1.58 bits per heavy atom. The van der Waals surface area contributed by atoms with Gasteiger partial charge in [-0.2, -0.15) is 4.31 Å². The zero-order valence-electron chi connectivity index (χ0n) is 14.4. The average molecular weight is 419 g/mol. The molecule has 2 aromatic rings. The van der Waals surface area contributed by atoms with Crippen molar-refractivity contribution in [3.8, 4) is 5.75 Å². The molecule has 2 aromatic carbocycles. The minimum absolute atomic E-state index is 0.0267. The molecule has 0 aliphatic rings. The van der Waals surface area contributed by atoms with Gasteiger partial charge in [-0.3, -0.25) is 0 Å². The second-order valence-electron chi connectivity index (χ2n) is 5.61. The Kier molecular flexibility index (Phi) is 5.99. The van der Waals surface area contributed by atoms with Gasteiger partial charge in [0.15, 0.2) is 0 Å². The Morgan fingerprint density at radius 1 is 1.04 bits per heavy atom. The Balaban J connectivity index is 2.34. The number of rotatable bonds is 6. The molecule has 0 radical (unpaired) electrons. The van der Waals surface area contributed by atoms with E-state index in [4.69, 9.17) is 21.5 Å². The lowest BCUT2D eigenvalue weighted by Crippen LogP contribution is -2.29. The third-order valence-electron chi connectivity index (χ3n) is 4.04. The van der Waals surface area contributed by atoms with Crippen LogP contribution in [0.2, 0.25) is 5.02 Å². The van der Waals surface area contributed by atoms with Gasteiger partial charge in [-0.25, -0.2) is 22.0 Å². The molecule has 0 amide bonds. The highest BCUT2D eigenvalue weighted by Gasteiger charge is 2.27. The highest BCUT2D eigenvalue weighted by Crippen LogP contribution is 2.31. The highest BCUT2D eigenvalue weighted by atomic mass is 35.5. The molecule has 10 heteroatoms. The molecule has 2 rings (SSSR count). The first-order valence-electron chi connectivity index (χ1n) is 7.43. The van der Waals surface area contributed by atoms with Crippen molar-refractivity contribution in [2.24, 2.45) is 5.14 Å². The van der Waals surface area contributed by atoms with Crippen LogP contribution in [-0.4, -0.2) is 35.3 Å². The van der Waals surface area contributed by atoms with Gasteiger partial charge in [0, 0.05) is 13.1 Å². The number of nitrogens with two attached hydrogens (primary N) is 1. The summed E-state index contributed by atoms with van der Waals surface area (Å²) in [5.41, 5.74) is 0.614. The molecule has 0 saturated heterocycles. The highest BCUT2D eigenvalue weighted by molar-refractivity contribution is 7.89. The van der Waals surface area contributed by atoms with E-state index in [1.54, 1.807) is 6.92 Å². The lowest BCUT2D eigenvalue weighted by Gasteiger charge is -2.25. The first kappa shape index (κ1) is 20.7. The molecular formula is C16H19ClN2O5S2. The van der Waals surface area contributed by atoms with E-state index in [-0.39, 0.29) is 14.8 Å². The fourth-order valence-corrected chi connectivity index (χ4v) is 4.54. The number of methoxy groups -OCH3 is 1. The van der Waals surface area contributed by atoms with E-state index in [1.807, 2.05) is 0 Å². The summed E-state index contributed by atoms with van der Waals surface area (Å²) in [6.45, 7) is 1.69. The van der Waals surface area contributed by atoms with E-state index >= 15 is 0 Å². The van der Waals surface area contributed by atoms with Crippen molar-refractivity contribution in [1.29, 1.82) is 0 Å². The molecular weight excluding hydrogens is 400 g/mol. The summed E-state index contributed by atoms with van der Waals surface area (Å²) in [6, 6.07) is 9.40. The zero-order valence-corrected chi connectivity index (χ0v) is 16.8. The number of hydrogen-bond donors (Lipinski definition) is 1. The Morgan fingerprint density at radius 3 is 2.04 bits per heavy atom. The van der Waals surface area contributed by atoms with Gasteiger partial charge in [0.05, 0.1) is 21.9 Å². The number of nitrogens with zero attached hydrogens (tertiary/aromatic N) is 1. The Labute approximate surface area is 158 Å². The van der Waals surface area contributed by atoms with Gasteiger partial charge in [0.25, 0.3) is 0 Å². The van der Waals surface area contributed by atoms with E-state index in [2.05, 4.69) is 0 Å². The molecule has 26 heavy (non-hydrogen) atoms. The van der Waals surface area contributed by atoms with E-state index in [0.717, 1.165) is 0 Å². The molecule has 142 valence electrons. The number of ether oxygens (including phenoxy) is 1. The standard InChI is InChI=1S/C16H19ClN2O5S2/c1-11(12-4-6-13(7-5-12)25(18,20)21)19(2)26(22,23)14-8-9-16(24-3)15(17)10-14/h4-11H,1-3H3,(H2,18,20,21).